The monoisotopic (exact) mass is 359 g/mol. The molecule has 0 saturated heterocycles. The fourth-order valence-electron chi connectivity index (χ4n) is 2.20. The Balaban J connectivity index is 1.51. The molecular formula is C18H17NO3S2. The van der Waals surface area contributed by atoms with Gasteiger partial charge in [-0.2, -0.15) is 8.42 Å². The average molecular weight is 359 g/mol. The van der Waals surface area contributed by atoms with Crippen LogP contribution in [0.2, 0.25) is 0 Å². The minimum Gasteiger partial charge on any atom is -0.351 e. The first kappa shape index (κ1) is 16.7. The summed E-state index contributed by atoms with van der Waals surface area (Å²) in [6.07, 6.45) is 5.15. The van der Waals surface area contributed by atoms with Gasteiger partial charge in [0, 0.05) is 0 Å². The number of thiazole rings is 1. The van der Waals surface area contributed by atoms with Crippen molar-refractivity contribution in [2.75, 3.05) is 5.75 Å². The predicted molar refractivity (Wildman–Crippen MR) is 98.7 cm³/mol. The molecule has 0 aliphatic heterocycles. The Bertz CT molecular complexity index is 898. The van der Waals surface area contributed by atoms with Crippen LogP contribution in [0.4, 0.5) is 0 Å². The lowest BCUT2D eigenvalue weighted by Crippen LogP contribution is -2.13. The zero-order valence-corrected chi connectivity index (χ0v) is 14.6. The van der Waals surface area contributed by atoms with Gasteiger partial charge in [0.15, 0.2) is 0 Å². The summed E-state index contributed by atoms with van der Waals surface area (Å²) in [6, 6.07) is 17.4. The maximum atomic E-state index is 12.0. The number of benzene rings is 2. The molecule has 0 unspecified atom stereocenters. The molecule has 0 atom stereocenters. The largest absolute Gasteiger partial charge is 0.351 e. The number of hydrogen-bond donors (Lipinski definition) is 0. The summed E-state index contributed by atoms with van der Waals surface area (Å²) < 4.78 is 30.1. The second-order valence-electron chi connectivity index (χ2n) is 5.25. The molecule has 1 aromatic heterocycles. The summed E-state index contributed by atoms with van der Waals surface area (Å²) in [5.74, 6) is -0.0257. The van der Waals surface area contributed by atoms with Crippen LogP contribution < -0.4 is 4.18 Å². The van der Waals surface area contributed by atoms with Crippen molar-refractivity contribution >= 4 is 37.7 Å². The third-order valence-corrected chi connectivity index (χ3v) is 5.57. The fourth-order valence-corrected chi connectivity index (χ4v) is 4.20. The highest BCUT2D eigenvalue weighted by atomic mass is 32.2. The van der Waals surface area contributed by atoms with E-state index in [0.29, 0.717) is 12.8 Å². The van der Waals surface area contributed by atoms with Crippen LogP contribution in [0, 0.1) is 0 Å². The number of unbranched alkanes of at least 4 members (excludes halogenated alkanes) is 1. The van der Waals surface area contributed by atoms with Crippen LogP contribution in [-0.2, 0) is 10.1 Å². The summed E-state index contributed by atoms with van der Waals surface area (Å²) in [6.45, 7) is 0. The molecule has 3 rings (SSSR count). The van der Waals surface area contributed by atoms with E-state index in [-0.39, 0.29) is 10.9 Å². The minimum absolute atomic E-state index is 0.0257. The Kier molecular flexibility index (Phi) is 5.27. The predicted octanol–water partition coefficient (Wildman–Crippen LogP) is 4.50. The zero-order chi connectivity index (χ0) is 16.8. The van der Waals surface area contributed by atoms with Crippen molar-refractivity contribution in [3.05, 3.63) is 66.2 Å². The number of rotatable bonds is 7. The van der Waals surface area contributed by atoms with Gasteiger partial charge in [0.05, 0.1) is 16.0 Å². The summed E-state index contributed by atoms with van der Waals surface area (Å²) in [5.41, 5.74) is 1.85. The van der Waals surface area contributed by atoms with Gasteiger partial charge in [0.25, 0.3) is 5.19 Å². The zero-order valence-electron chi connectivity index (χ0n) is 13.0. The highest BCUT2D eigenvalue weighted by Gasteiger charge is 2.15. The second kappa shape index (κ2) is 7.59. The van der Waals surface area contributed by atoms with Crippen LogP contribution in [0.1, 0.15) is 18.4 Å². The standard InChI is InChI=1S/C18H17NO3S2/c20-24(21,14-8-2-5-11-15-9-3-1-4-10-15)22-18-19-16-12-6-7-13-17(16)23-18/h1,3-7,9-13H,2,8,14H2. The van der Waals surface area contributed by atoms with Gasteiger partial charge in [-0.3, -0.25) is 0 Å². The molecule has 4 nitrogen and oxygen atoms in total. The van der Waals surface area contributed by atoms with E-state index in [1.807, 2.05) is 66.7 Å². The van der Waals surface area contributed by atoms with E-state index >= 15 is 0 Å². The van der Waals surface area contributed by atoms with E-state index in [2.05, 4.69) is 4.98 Å². The number of aromatic nitrogens is 1. The molecule has 6 heteroatoms. The molecule has 0 N–H and O–H groups in total. The molecule has 0 aliphatic rings. The van der Waals surface area contributed by atoms with Crippen LogP contribution in [-0.4, -0.2) is 19.2 Å². The van der Waals surface area contributed by atoms with Gasteiger partial charge < -0.3 is 4.18 Å². The van der Waals surface area contributed by atoms with Gasteiger partial charge in [-0.25, -0.2) is 4.98 Å². The molecule has 0 bridgehead atoms. The molecular weight excluding hydrogens is 342 g/mol. The summed E-state index contributed by atoms with van der Waals surface area (Å²) >= 11 is 1.24. The van der Waals surface area contributed by atoms with Crippen molar-refractivity contribution in [1.82, 2.24) is 4.98 Å². The minimum atomic E-state index is -3.61. The first-order valence-electron chi connectivity index (χ1n) is 7.62. The number of nitrogens with zero attached hydrogens (tertiary/aromatic N) is 1. The molecule has 1 heterocycles. The van der Waals surface area contributed by atoms with Crippen LogP contribution in [0.15, 0.2) is 60.7 Å². The lowest BCUT2D eigenvalue weighted by molar-refractivity contribution is 0.483. The van der Waals surface area contributed by atoms with Crippen molar-refractivity contribution in [2.24, 2.45) is 0 Å². The molecule has 0 fully saturated rings. The quantitative estimate of drug-likeness (QED) is 0.460. The van der Waals surface area contributed by atoms with Crippen LogP contribution >= 0.6 is 11.3 Å². The summed E-state index contributed by atoms with van der Waals surface area (Å²) in [4.78, 5) is 4.19. The van der Waals surface area contributed by atoms with Crippen LogP contribution in [0.5, 0.6) is 5.19 Å². The lowest BCUT2D eigenvalue weighted by Gasteiger charge is -2.02. The van der Waals surface area contributed by atoms with Crippen molar-refractivity contribution in [3.8, 4) is 5.19 Å². The fraction of sp³-hybridized carbons (Fsp3) is 0.167. The maximum Gasteiger partial charge on any atom is 0.311 e. The van der Waals surface area contributed by atoms with Gasteiger partial charge >= 0.3 is 10.1 Å². The van der Waals surface area contributed by atoms with E-state index < -0.39 is 10.1 Å². The Morgan fingerprint density at radius 3 is 2.58 bits per heavy atom. The molecule has 0 aliphatic carbocycles. The smallest absolute Gasteiger partial charge is 0.311 e. The Hall–Kier alpha value is -2.18. The first-order valence-corrected chi connectivity index (χ1v) is 10.0. The van der Waals surface area contributed by atoms with E-state index in [1.165, 1.54) is 11.3 Å². The van der Waals surface area contributed by atoms with E-state index in [4.69, 9.17) is 4.18 Å². The Labute approximate surface area is 145 Å². The van der Waals surface area contributed by atoms with Crippen molar-refractivity contribution in [1.29, 1.82) is 0 Å². The molecule has 0 amide bonds. The number of para-hydroxylation sites is 1. The maximum absolute atomic E-state index is 12.0. The third kappa shape index (κ3) is 4.66. The SMILES string of the molecule is O=S(=O)(CCCC=Cc1ccccc1)Oc1nc2ccccc2s1. The van der Waals surface area contributed by atoms with E-state index in [0.717, 1.165) is 15.8 Å². The van der Waals surface area contributed by atoms with Gasteiger partial charge in [0.2, 0.25) is 0 Å². The molecule has 24 heavy (non-hydrogen) atoms. The van der Waals surface area contributed by atoms with Crippen molar-refractivity contribution in [2.45, 2.75) is 12.8 Å². The molecule has 0 saturated carbocycles. The molecule has 0 radical (unpaired) electrons. The first-order chi connectivity index (χ1) is 11.6. The lowest BCUT2D eigenvalue weighted by atomic mass is 10.2. The molecule has 2 aromatic carbocycles. The number of hydrogen-bond acceptors (Lipinski definition) is 5. The van der Waals surface area contributed by atoms with Crippen molar-refractivity contribution in [3.63, 3.8) is 0 Å². The number of fused-ring (bicyclic) bond motifs is 1. The van der Waals surface area contributed by atoms with E-state index in [9.17, 15) is 8.42 Å². The van der Waals surface area contributed by atoms with Gasteiger partial charge in [-0.15, -0.1) is 0 Å². The Morgan fingerprint density at radius 2 is 1.79 bits per heavy atom. The van der Waals surface area contributed by atoms with Crippen molar-refractivity contribution < 1.29 is 12.6 Å². The van der Waals surface area contributed by atoms with Crippen LogP contribution in [0.3, 0.4) is 0 Å². The number of allylic oxidation sites excluding steroid dienone is 1. The van der Waals surface area contributed by atoms with Gasteiger partial charge in [0.1, 0.15) is 0 Å². The van der Waals surface area contributed by atoms with E-state index in [1.54, 1.807) is 0 Å². The van der Waals surface area contributed by atoms with Gasteiger partial charge in [-0.05, 0) is 30.5 Å². The average Bonchev–Trinajstić information content (AvgIpc) is 2.96. The third-order valence-electron chi connectivity index (χ3n) is 3.35. The highest BCUT2D eigenvalue weighted by Crippen LogP contribution is 2.28. The molecule has 124 valence electrons. The normalized spacial score (nSPS) is 12.0. The summed E-state index contributed by atoms with van der Waals surface area (Å²) in [7, 11) is -3.61. The Morgan fingerprint density at radius 1 is 1.04 bits per heavy atom. The highest BCUT2D eigenvalue weighted by molar-refractivity contribution is 7.87. The molecule has 0 spiro atoms. The topological polar surface area (TPSA) is 56.3 Å². The second-order valence-corrected chi connectivity index (χ2v) is 7.93. The van der Waals surface area contributed by atoms with Crippen LogP contribution in [0.25, 0.3) is 16.3 Å². The summed E-state index contributed by atoms with van der Waals surface area (Å²) in [5, 5.41) is 0.177. The molecule has 3 aromatic rings. The van der Waals surface area contributed by atoms with Gasteiger partial charge in [-0.1, -0.05) is 66.0 Å².